The molecular formula is C12H11FN4O. The molecule has 0 spiro atoms. The average molecular weight is 246 g/mol. The van der Waals surface area contributed by atoms with E-state index in [2.05, 4.69) is 15.3 Å². The van der Waals surface area contributed by atoms with Crippen LogP contribution in [-0.4, -0.2) is 15.9 Å². The summed E-state index contributed by atoms with van der Waals surface area (Å²) in [6.45, 7) is 0.0710. The van der Waals surface area contributed by atoms with Crippen molar-refractivity contribution in [3.8, 4) is 0 Å². The fourth-order valence-electron chi connectivity index (χ4n) is 1.42. The number of halogens is 1. The lowest BCUT2D eigenvalue weighted by Gasteiger charge is -2.06. The molecule has 92 valence electrons. The predicted octanol–water partition coefficient (Wildman–Crippen LogP) is 1.13. The molecule has 1 amide bonds. The van der Waals surface area contributed by atoms with Gasteiger partial charge in [0, 0.05) is 24.5 Å². The van der Waals surface area contributed by atoms with Crippen LogP contribution in [-0.2, 0) is 6.54 Å². The summed E-state index contributed by atoms with van der Waals surface area (Å²) < 4.78 is 13.3. The van der Waals surface area contributed by atoms with Crippen LogP contribution in [0.5, 0.6) is 0 Å². The second kappa shape index (κ2) is 5.22. The molecule has 18 heavy (non-hydrogen) atoms. The third-order valence-corrected chi connectivity index (χ3v) is 2.34. The Kier molecular flexibility index (Phi) is 3.47. The molecule has 0 radical (unpaired) electrons. The number of carbonyl (C=O) groups excluding carboxylic acids is 1. The molecule has 1 aromatic carbocycles. The van der Waals surface area contributed by atoms with Crippen molar-refractivity contribution in [1.29, 1.82) is 0 Å². The average Bonchev–Trinajstić information content (AvgIpc) is 2.38. The predicted molar refractivity (Wildman–Crippen MR) is 64.0 cm³/mol. The van der Waals surface area contributed by atoms with Gasteiger partial charge in [-0.1, -0.05) is 18.2 Å². The van der Waals surface area contributed by atoms with Gasteiger partial charge >= 0.3 is 0 Å². The lowest BCUT2D eigenvalue weighted by molar-refractivity contribution is 0.0946. The number of nitrogen functional groups attached to an aromatic ring is 1. The lowest BCUT2D eigenvalue weighted by Crippen LogP contribution is -2.25. The monoisotopic (exact) mass is 246 g/mol. The van der Waals surface area contributed by atoms with Gasteiger partial charge in [0.1, 0.15) is 5.82 Å². The maximum absolute atomic E-state index is 13.3. The van der Waals surface area contributed by atoms with Crippen LogP contribution in [0.25, 0.3) is 0 Å². The van der Waals surface area contributed by atoms with Crippen LogP contribution in [0.1, 0.15) is 16.1 Å². The second-order valence-electron chi connectivity index (χ2n) is 3.56. The Labute approximate surface area is 103 Å². The molecule has 0 aliphatic heterocycles. The smallest absolute Gasteiger partial charge is 0.273 e. The molecule has 0 bridgehead atoms. The Bertz CT molecular complexity index is 574. The standard InChI is InChI=1S/C12H11FN4O/c13-9-4-2-1-3-8(9)7-17-12(18)10-11(14)16-6-5-15-10/h1-6H,7H2,(H2,14,16)(H,17,18). The Morgan fingerprint density at radius 3 is 2.72 bits per heavy atom. The van der Waals surface area contributed by atoms with E-state index < -0.39 is 5.91 Å². The van der Waals surface area contributed by atoms with Crippen LogP contribution in [0, 0.1) is 5.82 Å². The van der Waals surface area contributed by atoms with Crippen molar-refractivity contribution in [2.75, 3.05) is 5.73 Å². The third-order valence-electron chi connectivity index (χ3n) is 2.34. The molecule has 0 fully saturated rings. The van der Waals surface area contributed by atoms with Gasteiger partial charge in [-0.2, -0.15) is 0 Å². The zero-order chi connectivity index (χ0) is 13.0. The van der Waals surface area contributed by atoms with Crippen LogP contribution in [0.3, 0.4) is 0 Å². The van der Waals surface area contributed by atoms with Gasteiger partial charge in [-0.25, -0.2) is 14.4 Å². The van der Waals surface area contributed by atoms with Gasteiger partial charge < -0.3 is 11.1 Å². The number of rotatable bonds is 3. The van der Waals surface area contributed by atoms with E-state index in [1.807, 2.05) is 0 Å². The Morgan fingerprint density at radius 2 is 2.00 bits per heavy atom. The zero-order valence-corrected chi connectivity index (χ0v) is 9.43. The van der Waals surface area contributed by atoms with Crippen molar-refractivity contribution in [1.82, 2.24) is 15.3 Å². The molecule has 0 aliphatic carbocycles. The highest BCUT2D eigenvalue weighted by atomic mass is 19.1. The number of anilines is 1. The number of carbonyl (C=O) groups is 1. The van der Waals surface area contributed by atoms with Crippen LogP contribution >= 0.6 is 0 Å². The number of nitrogens with one attached hydrogen (secondary N) is 1. The van der Waals surface area contributed by atoms with Gasteiger partial charge in [-0.3, -0.25) is 4.79 Å². The first kappa shape index (κ1) is 12.0. The minimum atomic E-state index is -0.483. The topological polar surface area (TPSA) is 80.9 Å². The molecule has 1 heterocycles. The van der Waals surface area contributed by atoms with Crippen molar-refractivity contribution in [3.05, 3.63) is 53.7 Å². The largest absolute Gasteiger partial charge is 0.382 e. The second-order valence-corrected chi connectivity index (χ2v) is 3.56. The zero-order valence-electron chi connectivity index (χ0n) is 9.43. The summed E-state index contributed by atoms with van der Waals surface area (Å²) in [5, 5.41) is 2.54. The van der Waals surface area contributed by atoms with E-state index in [-0.39, 0.29) is 23.9 Å². The fraction of sp³-hybridized carbons (Fsp3) is 0.0833. The highest BCUT2D eigenvalue weighted by molar-refractivity contribution is 5.96. The van der Waals surface area contributed by atoms with Gasteiger partial charge in [-0.15, -0.1) is 0 Å². The lowest BCUT2D eigenvalue weighted by atomic mass is 10.2. The van der Waals surface area contributed by atoms with Crippen LogP contribution < -0.4 is 11.1 Å². The van der Waals surface area contributed by atoms with E-state index >= 15 is 0 Å². The number of hydrogen-bond acceptors (Lipinski definition) is 4. The molecule has 6 heteroatoms. The molecule has 0 saturated heterocycles. The Balaban J connectivity index is 2.06. The van der Waals surface area contributed by atoms with E-state index in [1.54, 1.807) is 18.2 Å². The van der Waals surface area contributed by atoms with Crippen molar-refractivity contribution < 1.29 is 9.18 Å². The first-order valence-corrected chi connectivity index (χ1v) is 5.26. The molecular weight excluding hydrogens is 235 g/mol. The van der Waals surface area contributed by atoms with Gasteiger partial charge in [0.15, 0.2) is 11.5 Å². The molecule has 5 nitrogen and oxygen atoms in total. The number of nitrogens with zero attached hydrogens (tertiary/aromatic N) is 2. The van der Waals surface area contributed by atoms with E-state index in [4.69, 9.17) is 5.73 Å². The third kappa shape index (κ3) is 2.60. The van der Waals surface area contributed by atoms with Gasteiger partial charge in [0.2, 0.25) is 0 Å². The summed E-state index contributed by atoms with van der Waals surface area (Å²) >= 11 is 0. The number of benzene rings is 1. The Hall–Kier alpha value is -2.50. The number of amides is 1. The highest BCUT2D eigenvalue weighted by Crippen LogP contribution is 2.07. The minimum Gasteiger partial charge on any atom is -0.382 e. The van der Waals surface area contributed by atoms with E-state index in [1.165, 1.54) is 18.5 Å². The first-order valence-electron chi connectivity index (χ1n) is 5.26. The molecule has 0 aliphatic rings. The molecule has 0 saturated carbocycles. The summed E-state index contributed by atoms with van der Waals surface area (Å²) in [5.41, 5.74) is 5.94. The van der Waals surface area contributed by atoms with E-state index in [0.717, 1.165) is 0 Å². The summed E-state index contributed by atoms with van der Waals surface area (Å²) in [5.74, 6) is -0.808. The highest BCUT2D eigenvalue weighted by Gasteiger charge is 2.12. The van der Waals surface area contributed by atoms with E-state index in [9.17, 15) is 9.18 Å². The fourth-order valence-corrected chi connectivity index (χ4v) is 1.42. The SMILES string of the molecule is Nc1nccnc1C(=O)NCc1ccccc1F. The Morgan fingerprint density at radius 1 is 1.28 bits per heavy atom. The van der Waals surface area contributed by atoms with Crippen molar-refractivity contribution >= 4 is 11.7 Å². The number of aromatic nitrogens is 2. The maximum atomic E-state index is 13.3. The first-order chi connectivity index (χ1) is 8.68. The van der Waals surface area contributed by atoms with Crippen LogP contribution in [0.4, 0.5) is 10.2 Å². The normalized spacial score (nSPS) is 10.1. The van der Waals surface area contributed by atoms with Crippen molar-refractivity contribution in [2.24, 2.45) is 0 Å². The van der Waals surface area contributed by atoms with Gasteiger partial charge in [0.05, 0.1) is 0 Å². The molecule has 1 aromatic heterocycles. The summed E-state index contributed by atoms with van der Waals surface area (Å²) in [6, 6.07) is 6.20. The van der Waals surface area contributed by atoms with Gasteiger partial charge in [0.25, 0.3) is 5.91 Å². The van der Waals surface area contributed by atoms with Crippen LogP contribution in [0.15, 0.2) is 36.7 Å². The van der Waals surface area contributed by atoms with Crippen molar-refractivity contribution in [3.63, 3.8) is 0 Å². The molecule has 0 unspecified atom stereocenters. The van der Waals surface area contributed by atoms with Crippen molar-refractivity contribution in [2.45, 2.75) is 6.54 Å². The summed E-state index contributed by atoms with van der Waals surface area (Å²) in [6.07, 6.45) is 2.76. The quantitative estimate of drug-likeness (QED) is 0.850. The molecule has 0 atom stereocenters. The summed E-state index contributed by atoms with van der Waals surface area (Å²) in [4.78, 5) is 19.3. The molecule has 2 aromatic rings. The number of hydrogen-bond donors (Lipinski definition) is 2. The van der Waals surface area contributed by atoms with Gasteiger partial charge in [-0.05, 0) is 6.07 Å². The van der Waals surface area contributed by atoms with E-state index in [0.29, 0.717) is 5.56 Å². The summed E-state index contributed by atoms with van der Waals surface area (Å²) in [7, 11) is 0. The minimum absolute atomic E-state index is 0.0360. The number of nitrogens with two attached hydrogens (primary N) is 1. The van der Waals surface area contributed by atoms with Crippen LogP contribution in [0.2, 0.25) is 0 Å². The molecule has 2 rings (SSSR count). The maximum Gasteiger partial charge on any atom is 0.273 e. The molecule has 3 N–H and O–H groups in total.